The minimum absolute atomic E-state index is 0.0590. The highest BCUT2D eigenvalue weighted by molar-refractivity contribution is 5.95. The Bertz CT molecular complexity index is 451. The summed E-state index contributed by atoms with van der Waals surface area (Å²) in [6.45, 7) is 4.22. The quantitative estimate of drug-likeness (QED) is 0.751. The molecule has 1 aromatic rings. The van der Waals surface area contributed by atoms with Crippen LogP contribution in [-0.4, -0.2) is 23.9 Å². The van der Waals surface area contributed by atoms with Gasteiger partial charge in [0.15, 0.2) is 0 Å². The van der Waals surface area contributed by atoms with E-state index in [-0.39, 0.29) is 18.3 Å². The van der Waals surface area contributed by atoms with Crippen molar-refractivity contribution in [2.24, 2.45) is 0 Å². The van der Waals surface area contributed by atoms with Crippen molar-refractivity contribution in [3.05, 3.63) is 35.1 Å². The predicted molar refractivity (Wildman–Crippen MR) is 62.9 cm³/mol. The van der Waals surface area contributed by atoms with Crippen molar-refractivity contribution < 1.29 is 9.18 Å². The van der Waals surface area contributed by atoms with Crippen molar-refractivity contribution in [1.82, 2.24) is 4.90 Å². The average Bonchev–Trinajstić information content (AvgIpc) is 2.28. The van der Waals surface area contributed by atoms with Crippen molar-refractivity contribution in [3.8, 4) is 6.07 Å². The second kappa shape index (κ2) is 6.00. The topological polar surface area (TPSA) is 44.1 Å². The molecule has 0 spiro atoms. The van der Waals surface area contributed by atoms with Crippen molar-refractivity contribution in [1.29, 1.82) is 5.26 Å². The highest BCUT2D eigenvalue weighted by Gasteiger charge is 2.16. The van der Waals surface area contributed by atoms with Crippen LogP contribution in [0.5, 0.6) is 0 Å². The fourth-order valence-electron chi connectivity index (χ4n) is 1.65. The van der Waals surface area contributed by atoms with Gasteiger partial charge in [-0.1, -0.05) is 6.92 Å². The van der Waals surface area contributed by atoms with Gasteiger partial charge in [-0.3, -0.25) is 4.79 Å². The fraction of sp³-hybridized carbons (Fsp3) is 0.385. The summed E-state index contributed by atoms with van der Waals surface area (Å²) in [4.78, 5) is 13.6. The molecule has 0 bridgehead atoms. The summed E-state index contributed by atoms with van der Waals surface area (Å²) in [5, 5.41) is 8.67. The number of carbonyl (C=O) groups is 1. The summed E-state index contributed by atoms with van der Waals surface area (Å²) in [6, 6.07) is 6.01. The van der Waals surface area contributed by atoms with Gasteiger partial charge in [-0.25, -0.2) is 4.39 Å². The maximum Gasteiger partial charge on any atom is 0.254 e. The summed E-state index contributed by atoms with van der Waals surface area (Å²) < 4.78 is 12.9. The van der Waals surface area contributed by atoms with E-state index in [0.29, 0.717) is 17.7 Å². The van der Waals surface area contributed by atoms with Crippen LogP contribution in [0.1, 0.15) is 29.3 Å². The van der Waals surface area contributed by atoms with Gasteiger partial charge < -0.3 is 4.90 Å². The molecular formula is C13H15FN2O. The molecule has 0 aliphatic rings. The lowest BCUT2D eigenvalue weighted by atomic mass is 10.1. The Kier molecular flexibility index (Phi) is 4.65. The first-order valence-electron chi connectivity index (χ1n) is 5.52. The minimum Gasteiger partial charge on any atom is -0.325 e. The Morgan fingerprint density at radius 3 is 2.76 bits per heavy atom. The molecule has 0 saturated carbocycles. The molecule has 0 aliphatic heterocycles. The van der Waals surface area contributed by atoms with Crippen LogP contribution in [0.4, 0.5) is 4.39 Å². The number of rotatable bonds is 4. The summed E-state index contributed by atoms with van der Waals surface area (Å²) in [5.41, 5.74) is 1.05. The van der Waals surface area contributed by atoms with Crippen LogP contribution >= 0.6 is 0 Å². The molecule has 90 valence electrons. The van der Waals surface area contributed by atoms with Gasteiger partial charge in [0, 0.05) is 12.1 Å². The number of amides is 1. The normalized spacial score (nSPS) is 9.76. The third kappa shape index (κ3) is 3.28. The second-order valence-electron chi connectivity index (χ2n) is 3.84. The van der Waals surface area contributed by atoms with Crippen molar-refractivity contribution in [3.63, 3.8) is 0 Å². The predicted octanol–water partition coefficient (Wildman–Crippen LogP) is 2.51. The van der Waals surface area contributed by atoms with Gasteiger partial charge in [-0.2, -0.15) is 5.26 Å². The van der Waals surface area contributed by atoms with Gasteiger partial charge >= 0.3 is 0 Å². The molecule has 3 nitrogen and oxygen atoms in total. The molecule has 0 N–H and O–H groups in total. The van der Waals surface area contributed by atoms with Gasteiger partial charge in [0.2, 0.25) is 0 Å². The maximum absolute atomic E-state index is 12.9. The number of nitriles is 1. The summed E-state index contributed by atoms with van der Waals surface area (Å²) in [7, 11) is 0. The zero-order valence-electron chi connectivity index (χ0n) is 10.0. The Balaban J connectivity index is 2.97. The molecule has 4 heteroatoms. The van der Waals surface area contributed by atoms with Gasteiger partial charge in [-0.05, 0) is 37.1 Å². The largest absolute Gasteiger partial charge is 0.325 e. The number of carbonyl (C=O) groups excluding carboxylic acids is 1. The molecule has 1 amide bonds. The molecule has 0 aromatic heterocycles. The van der Waals surface area contributed by atoms with E-state index in [1.165, 1.54) is 23.1 Å². The SMILES string of the molecule is CCCN(CC#N)C(=O)c1ccc(F)cc1C. The van der Waals surface area contributed by atoms with Crippen LogP contribution in [0.15, 0.2) is 18.2 Å². The van der Waals surface area contributed by atoms with Crippen LogP contribution in [0.2, 0.25) is 0 Å². The molecule has 0 saturated heterocycles. The highest BCUT2D eigenvalue weighted by Crippen LogP contribution is 2.13. The first kappa shape index (κ1) is 13.2. The molecule has 0 aliphatic carbocycles. The number of benzene rings is 1. The Morgan fingerprint density at radius 2 is 2.24 bits per heavy atom. The van der Waals surface area contributed by atoms with E-state index in [4.69, 9.17) is 5.26 Å². The molecule has 0 unspecified atom stereocenters. The Hall–Kier alpha value is -1.89. The maximum atomic E-state index is 12.9. The van der Waals surface area contributed by atoms with E-state index < -0.39 is 0 Å². The molecule has 17 heavy (non-hydrogen) atoms. The first-order chi connectivity index (χ1) is 8.10. The summed E-state index contributed by atoms with van der Waals surface area (Å²) in [5.74, 6) is -0.577. The minimum atomic E-state index is -0.360. The summed E-state index contributed by atoms with van der Waals surface area (Å²) >= 11 is 0. The third-order valence-electron chi connectivity index (χ3n) is 2.46. The number of aryl methyl sites for hydroxylation is 1. The standard InChI is InChI=1S/C13H15FN2O/c1-3-7-16(8-6-15)13(17)12-5-4-11(14)9-10(12)2/h4-5,9H,3,7-8H2,1-2H3. The second-order valence-corrected chi connectivity index (χ2v) is 3.84. The number of hydrogen-bond acceptors (Lipinski definition) is 2. The zero-order valence-corrected chi connectivity index (χ0v) is 10.0. The molecule has 1 aromatic carbocycles. The monoisotopic (exact) mass is 234 g/mol. The van der Waals surface area contributed by atoms with Crippen LogP contribution in [0.3, 0.4) is 0 Å². The van der Waals surface area contributed by atoms with E-state index in [2.05, 4.69) is 0 Å². The zero-order chi connectivity index (χ0) is 12.8. The number of nitrogens with zero attached hydrogens (tertiary/aromatic N) is 2. The Morgan fingerprint density at radius 1 is 1.53 bits per heavy atom. The molecule has 0 fully saturated rings. The lowest BCUT2D eigenvalue weighted by Crippen LogP contribution is -2.32. The van der Waals surface area contributed by atoms with Gasteiger partial charge in [0.1, 0.15) is 12.4 Å². The number of halogens is 1. The van der Waals surface area contributed by atoms with Crippen molar-refractivity contribution in [2.75, 3.05) is 13.1 Å². The molecule has 0 radical (unpaired) electrons. The van der Waals surface area contributed by atoms with E-state index >= 15 is 0 Å². The fourth-order valence-corrected chi connectivity index (χ4v) is 1.65. The van der Waals surface area contributed by atoms with Crippen molar-refractivity contribution >= 4 is 5.91 Å². The summed E-state index contributed by atoms with van der Waals surface area (Å²) in [6.07, 6.45) is 0.785. The first-order valence-corrected chi connectivity index (χ1v) is 5.52. The lowest BCUT2D eigenvalue weighted by Gasteiger charge is -2.19. The number of hydrogen-bond donors (Lipinski definition) is 0. The van der Waals surface area contributed by atoms with E-state index in [1.54, 1.807) is 6.92 Å². The van der Waals surface area contributed by atoms with E-state index in [1.807, 2.05) is 13.0 Å². The van der Waals surface area contributed by atoms with Crippen LogP contribution in [0.25, 0.3) is 0 Å². The van der Waals surface area contributed by atoms with E-state index in [0.717, 1.165) is 6.42 Å². The van der Waals surface area contributed by atoms with Crippen LogP contribution in [-0.2, 0) is 0 Å². The van der Waals surface area contributed by atoms with E-state index in [9.17, 15) is 9.18 Å². The highest BCUT2D eigenvalue weighted by atomic mass is 19.1. The van der Waals surface area contributed by atoms with Crippen LogP contribution in [0, 0.1) is 24.1 Å². The molecule has 0 atom stereocenters. The molecule has 0 heterocycles. The van der Waals surface area contributed by atoms with Gasteiger partial charge in [-0.15, -0.1) is 0 Å². The average molecular weight is 234 g/mol. The van der Waals surface area contributed by atoms with Gasteiger partial charge in [0.05, 0.1) is 6.07 Å². The van der Waals surface area contributed by atoms with Gasteiger partial charge in [0.25, 0.3) is 5.91 Å². The Labute approximate surface area is 100 Å². The molecular weight excluding hydrogens is 219 g/mol. The molecule has 1 rings (SSSR count). The van der Waals surface area contributed by atoms with Crippen molar-refractivity contribution in [2.45, 2.75) is 20.3 Å². The third-order valence-corrected chi connectivity index (χ3v) is 2.46. The van der Waals surface area contributed by atoms with Crippen LogP contribution < -0.4 is 0 Å². The lowest BCUT2D eigenvalue weighted by molar-refractivity contribution is 0.0775. The smallest absolute Gasteiger partial charge is 0.254 e.